The predicted molar refractivity (Wildman–Crippen MR) is 87.4 cm³/mol. The number of β-amino-alcohol motifs (C(OH)–C–C–N with tert-alkyl or cyclic N) is 1. The number of nitrogens with one attached hydrogen (secondary N) is 2. The fourth-order valence-electron chi connectivity index (χ4n) is 2.47. The van der Waals surface area contributed by atoms with E-state index in [1.807, 2.05) is 6.07 Å². The number of ether oxygens (including phenoxy) is 1. The van der Waals surface area contributed by atoms with Crippen molar-refractivity contribution in [3.05, 3.63) is 28.8 Å². The first kappa shape index (κ1) is 17.1. The van der Waals surface area contributed by atoms with Crippen molar-refractivity contribution in [3.63, 3.8) is 0 Å². The maximum absolute atomic E-state index is 12.0. The van der Waals surface area contributed by atoms with Crippen molar-refractivity contribution in [2.24, 2.45) is 0 Å². The molecule has 1 aromatic rings. The first-order valence-electron chi connectivity index (χ1n) is 7.38. The zero-order valence-corrected chi connectivity index (χ0v) is 14.0. The van der Waals surface area contributed by atoms with Crippen LogP contribution in [0.5, 0.6) is 0 Å². The first-order chi connectivity index (χ1) is 10.2. The molecule has 0 radical (unpaired) electrons. The molecule has 5 nitrogen and oxygen atoms in total. The maximum atomic E-state index is 12.0. The minimum Gasteiger partial charge on any atom is -0.444 e. The van der Waals surface area contributed by atoms with E-state index in [2.05, 4.69) is 10.6 Å². The lowest BCUT2D eigenvalue weighted by Crippen LogP contribution is -2.34. The molecule has 3 N–H and O–H groups in total. The number of anilines is 1. The quantitative estimate of drug-likeness (QED) is 0.798. The molecule has 0 aliphatic carbocycles. The van der Waals surface area contributed by atoms with E-state index in [0.29, 0.717) is 30.1 Å². The summed E-state index contributed by atoms with van der Waals surface area (Å²) in [7, 11) is 0. The lowest BCUT2D eigenvalue weighted by Gasteiger charge is -2.24. The number of rotatable bonds is 3. The van der Waals surface area contributed by atoms with Crippen LogP contribution in [0.25, 0.3) is 0 Å². The molecule has 1 amide bonds. The van der Waals surface area contributed by atoms with Crippen molar-refractivity contribution < 1.29 is 14.6 Å². The summed E-state index contributed by atoms with van der Waals surface area (Å²) < 4.78 is 5.26. The Balaban J connectivity index is 2.15. The van der Waals surface area contributed by atoms with Gasteiger partial charge >= 0.3 is 6.09 Å². The summed E-state index contributed by atoms with van der Waals surface area (Å²) in [5.74, 6) is 0. The topological polar surface area (TPSA) is 70.6 Å². The number of hydrogen-bond donors (Lipinski definition) is 3. The van der Waals surface area contributed by atoms with Gasteiger partial charge in [0.05, 0.1) is 5.60 Å². The lowest BCUT2D eigenvalue weighted by molar-refractivity contribution is 0.0604. The highest BCUT2D eigenvalue weighted by Gasteiger charge is 2.32. The number of hydrogen-bond acceptors (Lipinski definition) is 4. The van der Waals surface area contributed by atoms with Crippen molar-refractivity contribution in [2.75, 3.05) is 18.4 Å². The fourth-order valence-corrected chi connectivity index (χ4v) is 2.64. The molecule has 1 aliphatic rings. The standard InChI is InChI=1S/C16H23ClN2O3/c1-15(2,3)22-14(20)19-13-8-12(17)5-4-11(13)9-16(21)6-7-18-10-16/h4-5,8,18,21H,6-7,9-10H2,1-3H3,(H,19,20). The van der Waals surface area contributed by atoms with Crippen LogP contribution < -0.4 is 10.6 Å². The van der Waals surface area contributed by atoms with E-state index < -0.39 is 17.3 Å². The second-order valence-electron chi connectivity index (χ2n) is 6.76. The van der Waals surface area contributed by atoms with Crippen LogP contribution in [-0.2, 0) is 11.2 Å². The highest BCUT2D eigenvalue weighted by molar-refractivity contribution is 6.31. The van der Waals surface area contributed by atoms with E-state index in [1.54, 1.807) is 32.9 Å². The van der Waals surface area contributed by atoms with Crippen LogP contribution in [0, 0.1) is 0 Å². The summed E-state index contributed by atoms with van der Waals surface area (Å²) in [4.78, 5) is 12.0. The molecular weight excluding hydrogens is 304 g/mol. The molecule has 1 aliphatic heterocycles. The second kappa shape index (κ2) is 6.44. The van der Waals surface area contributed by atoms with Crippen molar-refractivity contribution in [3.8, 4) is 0 Å². The van der Waals surface area contributed by atoms with Gasteiger partial charge in [-0.1, -0.05) is 17.7 Å². The van der Waals surface area contributed by atoms with Crippen LogP contribution in [0.3, 0.4) is 0 Å². The van der Waals surface area contributed by atoms with Gasteiger partial charge in [0.15, 0.2) is 0 Å². The van der Waals surface area contributed by atoms with E-state index in [9.17, 15) is 9.90 Å². The smallest absolute Gasteiger partial charge is 0.412 e. The van der Waals surface area contributed by atoms with Gasteiger partial charge < -0.3 is 15.2 Å². The van der Waals surface area contributed by atoms with Crippen molar-refractivity contribution in [1.82, 2.24) is 5.32 Å². The molecule has 1 saturated heterocycles. The van der Waals surface area contributed by atoms with Crippen LogP contribution in [0.2, 0.25) is 5.02 Å². The molecule has 0 bridgehead atoms. The van der Waals surface area contributed by atoms with Gasteiger partial charge in [-0.3, -0.25) is 5.32 Å². The van der Waals surface area contributed by atoms with Gasteiger partial charge in [0.25, 0.3) is 0 Å². The Bertz CT molecular complexity index is 549. The Morgan fingerprint density at radius 2 is 2.23 bits per heavy atom. The van der Waals surface area contributed by atoms with E-state index in [-0.39, 0.29) is 0 Å². The van der Waals surface area contributed by atoms with Gasteiger partial charge in [-0.2, -0.15) is 0 Å². The number of carbonyl (C=O) groups is 1. The summed E-state index contributed by atoms with van der Waals surface area (Å²) in [5.41, 5.74) is 0.0396. The molecule has 1 atom stereocenters. The Morgan fingerprint density at radius 1 is 1.50 bits per heavy atom. The fraction of sp³-hybridized carbons (Fsp3) is 0.562. The minimum absolute atomic E-state index is 0.447. The monoisotopic (exact) mass is 326 g/mol. The van der Waals surface area contributed by atoms with Gasteiger partial charge in [-0.05, 0) is 51.4 Å². The van der Waals surface area contributed by atoms with Crippen LogP contribution in [-0.4, -0.2) is 35.5 Å². The molecule has 1 fully saturated rings. The van der Waals surface area contributed by atoms with Gasteiger partial charge in [-0.25, -0.2) is 4.79 Å². The summed E-state index contributed by atoms with van der Waals surface area (Å²) in [6.45, 7) is 6.75. The predicted octanol–water partition coefficient (Wildman–Crippen LogP) is 2.95. The van der Waals surface area contributed by atoms with E-state index in [0.717, 1.165) is 12.1 Å². The van der Waals surface area contributed by atoms with Crippen LogP contribution in [0.4, 0.5) is 10.5 Å². The summed E-state index contributed by atoms with van der Waals surface area (Å²) in [6, 6.07) is 5.25. The lowest BCUT2D eigenvalue weighted by atomic mass is 9.93. The summed E-state index contributed by atoms with van der Waals surface area (Å²) in [5, 5.41) is 16.9. The van der Waals surface area contributed by atoms with Crippen LogP contribution >= 0.6 is 11.6 Å². The number of carbonyl (C=O) groups excluding carboxylic acids is 1. The largest absolute Gasteiger partial charge is 0.444 e. The number of amides is 1. The SMILES string of the molecule is CC(C)(C)OC(=O)Nc1cc(Cl)ccc1CC1(O)CCNC1. The Morgan fingerprint density at radius 3 is 2.82 bits per heavy atom. The highest BCUT2D eigenvalue weighted by Crippen LogP contribution is 2.28. The third kappa shape index (κ3) is 4.87. The molecular formula is C16H23ClN2O3. The molecule has 0 saturated carbocycles. The molecule has 22 heavy (non-hydrogen) atoms. The second-order valence-corrected chi connectivity index (χ2v) is 7.19. The number of aliphatic hydroxyl groups is 1. The number of benzene rings is 1. The molecule has 122 valence electrons. The van der Waals surface area contributed by atoms with Gasteiger partial charge in [0.1, 0.15) is 5.60 Å². The molecule has 0 aromatic heterocycles. The molecule has 0 spiro atoms. The minimum atomic E-state index is -0.793. The van der Waals surface area contributed by atoms with Gasteiger partial charge in [-0.15, -0.1) is 0 Å². The normalized spacial score (nSPS) is 21.7. The Labute approximate surface area is 136 Å². The zero-order chi connectivity index (χ0) is 16.4. The molecule has 1 unspecified atom stereocenters. The average Bonchev–Trinajstić information content (AvgIpc) is 2.77. The molecule has 1 heterocycles. The number of halogens is 1. The van der Waals surface area contributed by atoms with Crippen molar-refractivity contribution in [2.45, 2.75) is 44.8 Å². The van der Waals surface area contributed by atoms with Crippen LogP contribution in [0.1, 0.15) is 32.8 Å². The maximum Gasteiger partial charge on any atom is 0.412 e. The van der Waals surface area contributed by atoms with E-state index in [4.69, 9.17) is 16.3 Å². The molecule has 1 aromatic carbocycles. The molecule has 6 heteroatoms. The third-order valence-corrected chi connectivity index (χ3v) is 3.68. The summed E-state index contributed by atoms with van der Waals surface area (Å²) in [6.07, 6.45) is 0.594. The zero-order valence-electron chi connectivity index (χ0n) is 13.2. The Hall–Kier alpha value is -1.30. The Kier molecular flexibility index (Phi) is 5.00. The highest BCUT2D eigenvalue weighted by atomic mass is 35.5. The van der Waals surface area contributed by atoms with E-state index in [1.165, 1.54) is 0 Å². The first-order valence-corrected chi connectivity index (χ1v) is 7.76. The summed E-state index contributed by atoms with van der Waals surface area (Å²) >= 11 is 6.02. The third-order valence-electron chi connectivity index (χ3n) is 3.45. The van der Waals surface area contributed by atoms with Crippen molar-refractivity contribution >= 4 is 23.4 Å². The van der Waals surface area contributed by atoms with Gasteiger partial charge in [0.2, 0.25) is 0 Å². The van der Waals surface area contributed by atoms with Crippen molar-refractivity contribution in [1.29, 1.82) is 0 Å². The van der Waals surface area contributed by atoms with Gasteiger partial charge in [0, 0.05) is 23.7 Å². The molecule has 2 rings (SSSR count). The van der Waals surface area contributed by atoms with Crippen LogP contribution in [0.15, 0.2) is 18.2 Å². The average molecular weight is 327 g/mol. The van der Waals surface area contributed by atoms with E-state index >= 15 is 0 Å².